The predicted molar refractivity (Wildman–Crippen MR) is 106 cm³/mol. The molecule has 26 heavy (non-hydrogen) atoms. The summed E-state index contributed by atoms with van der Waals surface area (Å²) in [6.07, 6.45) is 7.95. The van der Waals surface area contributed by atoms with Crippen LogP contribution in [0, 0.1) is 12.3 Å². The van der Waals surface area contributed by atoms with E-state index in [4.69, 9.17) is 11.2 Å². The first-order chi connectivity index (χ1) is 12.6. The van der Waals surface area contributed by atoms with Gasteiger partial charge in [0.1, 0.15) is 6.04 Å². The normalized spacial score (nSPS) is 11.3. The van der Waals surface area contributed by atoms with Crippen molar-refractivity contribution in [1.29, 1.82) is 0 Å². The van der Waals surface area contributed by atoms with Gasteiger partial charge < -0.3 is 10.1 Å². The summed E-state index contributed by atoms with van der Waals surface area (Å²) < 4.78 is 4.81. The largest absolute Gasteiger partial charge is 0.467 e. The summed E-state index contributed by atoms with van der Waals surface area (Å²) in [5.74, 6) is 2.55. The fourth-order valence-corrected chi connectivity index (χ4v) is 3.02. The molecule has 2 rings (SSSR count). The number of carbonyl (C=O) groups is 2. The summed E-state index contributed by atoms with van der Waals surface area (Å²) >= 11 is 1.60. The van der Waals surface area contributed by atoms with E-state index in [0.717, 1.165) is 16.9 Å². The number of hydrogen-bond donors (Lipinski definition) is 1. The number of methoxy groups -OCH3 is 1. The molecule has 1 N–H and O–H groups in total. The average molecular weight is 367 g/mol. The summed E-state index contributed by atoms with van der Waals surface area (Å²) in [6, 6.07) is 14.1. The highest BCUT2D eigenvalue weighted by atomic mass is 32.2. The average Bonchev–Trinajstić information content (AvgIpc) is 2.70. The summed E-state index contributed by atoms with van der Waals surface area (Å²) in [4.78, 5) is 24.8. The van der Waals surface area contributed by atoms with E-state index in [1.807, 2.05) is 36.6 Å². The second-order valence-corrected chi connectivity index (χ2v) is 6.59. The molecule has 4 nitrogen and oxygen atoms in total. The Labute approximate surface area is 158 Å². The molecule has 0 aliphatic heterocycles. The lowest BCUT2D eigenvalue weighted by molar-refractivity contribution is -0.142. The van der Waals surface area contributed by atoms with E-state index in [2.05, 4.69) is 11.2 Å². The Bertz CT molecular complexity index is 812. The highest BCUT2D eigenvalue weighted by molar-refractivity contribution is 7.98. The molecule has 2 aromatic rings. The van der Waals surface area contributed by atoms with E-state index in [-0.39, 0.29) is 5.91 Å². The standard InChI is InChI=1S/C21H21NO3S/c1-4-15-10-11-17(18(14-15)16-8-6-5-7-9-16)20(23)22-19(12-13-26-3)21(24)25-2/h1,5-11,14,19H,12-13H2,2-3H3,(H,22,23). The number of carbonyl (C=O) groups excluding carboxylic acids is 2. The van der Waals surface area contributed by atoms with Crippen molar-refractivity contribution in [3.05, 3.63) is 59.7 Å². The Morgan fingerprint density at radius 1 is 1.23 bits per heavy atom. The number of hydrogen-bond acceptors (Lipinski definition) is 4. The van der Waals surface area contributed by atoms with Crippen LogP contribution in [0.5, 0.6) is 0 Å². The quantitative estimate of drug-likeness (QED) is 0.602. The molecule has 1 atom stereocenters. The maximum Gasteiger partial charge on any atom is 0.328 e. The summed E-state index contributed by atoms with van der Waals surface area (Å²) in [5, 5.41) is 2.79. The van der Waals surface area contributed by atoms with Gasteiger partial charge in [0.05, 0.1) is 7.11 Å². The van der Waals surface area contributed by atoms with Gasteiger partial charge in [0.15, 0.2) is 0 Å². The van der Waals surface area contributed by atoms with Gasteiger partial charge >= 0.3 is 5.97 Å². The lowest BCUT2D eigenvalue weighted by Crippen LogP contribution is -2.42. The highest BCUT2D eigenvalue weighted by Crippen LogP contribution is 2.25. The van der Waals surface area contributed by atoms with Crippen LogP contribution in [-0.2, 0) is 9.53 Å². The molecule has 0 aliphatic rings. The molecule has 5 heteroatoms. The predicted octanol–water partition coefficient (Wildman–Crippen LogP) is 3.36. The minimum atomic E-state index is -0.684. The molecule has 0 fully saturated rings. The SMILES string of the molecule is C#Cc1ccc(C(=O)NC(CCSC)C(=O)OC)c(-c2ccccc2)c1. The Morgan fingerprint density at radius 3 is 2.58 bits per heavy atom. The van der Waals surface area contributed by atoms with Crippen LogP contribution >= 0.6 is 11.8 Å². The van der Waals surface area contributed by atoms with Crippen molar-refractivity contribution in [2.75, 3.05) is 19.1 Å². The number of ether oxygens (including phenoxy) is 1. The lowest BCUT2D eigenvalue weighted by Gasteiger charge is -2.17. The fraction of sp³-hybridized carbons (Fsp3) is 0.238. The smallest absolute Gasteiger partial charge is 0.328 e. The molecule has 0 bridgehead atoms. The molecule has 0 aromatic heterocycles. The van der Waals surface area contributed by atoms with Crippen molar-refractivity contribution in [1.82, 2.24) is 5.32 Å². The third-order valence-corrected chi connectivity index (χ3v) is 4.56. The first-order valence-electron chi connectivity index (χ1n) is 8.14. The van der Waals surface area contributed by atoms with Gasteiger partial charge in [-0.25, -0.2) is 4.79 Å². The minimum Gasteiger partial charge on any atom is -0.467 e. The molecule has 2 aromatic carbocycles. The second-order valence-electron chi connectivity index (χ2n) is 5.60. The maximum absolute atomic E-state index is 12.9. The number of terminal acetylenes is 1. The fourth-order valence-electron chi connectivity index (χ4n) is 2.55. The van der Waals surface area contributed by atoms with Crippen molar-refractivity contribution < 1.29 is 14.3 Å². The van der Waals surface area contributed by atoms with Crippen LogP contribution in [0.25, 0.3) is 11.1 Å². The monoisotopic (exact) mass is 367 g/mol. The van der Waals surface area contributed by atoms with Crippen molar-refractivity contribution in [3.8, 4) is 23.5 Å². The van der Waals surface area contributed by atoms with Gasteiger partial charge in [0, 0.05) is 11.1 Å². The van der Waals surface area contributed by atoms with Crippen LogP contribution < -0.4 is 5.32 Å². The topological polar surface area (TPSA) is 55.4 Å². The molecule has 1 unspecified atom stereocenters. The third kappa shape index (κ3) is 4.90. The summed E-state index contributed by atoms with van der Waals surface area (Å²) in [6.45, 7) is 0. The van der Waals surface area contributed by atoms with Gasteiger partial charge in [-0.15, -0.1) is 6.42 Å². The molecule has 0 saturated heterocycles. The molecule has 0 aliphatic carbocycles. The van der Waals surface area contributed by atoms with Crippen LogP contribution in [0.4, 0.5) is 0 Å². The number of nitrogens with one attached hydrogen (secondary N) is 1. The second kappa shape index (κ2) is 9.69. The minimum absolute atomic E-state index is 0.330. The molecule has 1 amide bonds. The number of amides is 1. The zero-order valence-corrected chi connectivity index (χ0v) is 15.6. The molecule has 0 spiro atoms. The zero-order valence-electron chi connectivity index (χ0n) is 14.8. The Hall–Kier alpha value is -2.71. The summed E-state index contributed by atoms with van der Waals surface area (Å²) in [5.41, 5.74) is 2.76. The van der Waals surface area contributed by atoms with Crippen LogP contribution in [-0.4, -0.2) is 37.0 Å². The van der Waals surface area contributed by atoms with Crippen molar-refractivity contribution in [3.63, 3.8) is 0 Å². The van der Waals surface area contributed by atoms with Gasteiger partial charge in [-0.2, -0.15) is 11.8 Å². The molecule has 0 saturated carbocycles. The van der Waals surface area contributed by atoms with Crippen LogP contribution in [0.3, 0.4) is 0 Å². The Morgan fingerprint density at radius 2 is 1.96 bits per heavy atom. The lowest BCUT2D eigenvalue weighted by atomic mass is 9.96. The Kier molecular flexibility index (Phi) is 7.31. The molecular weight excluding hydrogens is 346 g/mol. The van der Waals surface area contributed by atoms with Gasteiger partial charge in [-0.05, 0) is 47.8 Å². The van der Waals surface area contributed by atoms with Gasteiger partial charge in [0.25, 0.3) is 5.91 Å². The van der Waals surface area contributed by atoms with E-state index < -0.39 is 12.0 Å². The number of benzene rings is 2. The van der Waals surface area contributed by atoms with Crippen molar-refractivity contribution >= 4 is 23.6 Å². The zero-order chi connectivity index (χ0) is 18.9. The van der Waals surface area contributed by atoms with Gasteiger partial charge in [-0.1, -0.05) is 36.3 Å². The van der Waals surface area contributed by atoms with E-state index >= 15 is 0 Å². The highest BCUT2D eigenvalue weighted by Gasteiger charge is 2.23. The molecule has 134 valence electrons. The number of esters is 1. The molecular formula is C21H21NO3S. The van der Waals surface area contributed by atoms with Crippen molar-refractivity contribution in [2.24, 2.45) is 0 Å². The molecule has 0 radical (unpaired) electrons. The number of rotatable bonds is 7. The van der Waals surface area contributed by atoms with Crippen LogP contribution in [0.1, 0.15) is 22.3 Å². The van der Waals surface area contributed by atoms with E-state index in [9.17, 15) is 9.59 Å². The van der Waals surface area contributed by atoms with E-state index in [1.165, 1.54) is 7.11 Å². The van der Waals surface area contributed by atoms with Gasteiger partial charge in [-0.3, -0.25) is 4.79 Å². The molecule has 0 heterocycles. The maximum atomic E-state index is 12.9. The first-order valence-corrected chi connectivity index (χ1v) is 9.53. The van der Waals surface area contributed by atoms with E-state index in [0.29, 0.717) is 17.5 Å². The van der Waals surface area contributed by atoms with Crippen LogP contribution in [0.2, 0.25) is 0 Å². The van der Waals surface area contributed by atoms with Crippen molar-refractivity contribution in [2.45, 2.75) is 12.5 Å². The van der Waals surface area contributed by atoms with Gasteiger partial charge in [0.2, 0.25) is 0 Å². The Balaban J connectivity index is 2.36. The van der Waals surface area contributed by atoms with Crippen LogP contribution in [0.15, 0.2) is 48.5 Å². The first kappa shape index (κ1) is 19.6. The third-order valence-electron chi connectivity index (χ3n) is 3.92. The summed E-state index contributed by atoms with van der Waals surface area (Å²) in [7, 11) is 1.32. The number of thioether (sulfide) groups is 1. The van der Waals surface area contributed by atoms with E-state index in [1.54, 1.807) is 30.0 Å².